The minimum Gasteiger partial charge on any atom is -0.466 e. The Morgan fingerprint density at radius 3 is 2.65 bits per heavy atom. The Morgan fingerprint density at radius 1 is 1.25 bits per heavy atom. The fraction of sp³-hybridized carbons (Fsp3) is 0.786. The van der Waals surface area contributed by atoms with E-state index in [-0.39, 0.29) is 43.1 Å². The number of nitrogens with zero attached hydrogens (tertiary/aromatic N) is 1. The number of rotatable bonds is 7. The summed E-state index contributed by atoms with van der Waals surface area (Å²) in [6, 6.07) is -0.222. The third kappa shape index (κ3) is 5.28. The van der Waals surface area contributed by atoms with Crippen molar-refractivity contribution in [1.82, 2.24) is 10.2 Å². The van der Waals surface area contributed by atoms with Crippen molar-refractivity contribution in [2.75, 3.05) is 26.7 Å². The molecular formula is C14H24N2O4. The van der Waals surface area contributed by atoms with E-state index in [1.165, 1.54) is 0 Å². The Hall–Kier alpha value is -1.43. The molecule has 0 aliphatic carbocycles. The van der Waals surface area contributed by atoms with E-state index in [1.54, 1.807) is 14.0 Å². The Morgan fingerprint density at radius 2 is 2.00 bits per heavy atom. The summed E-state index contributed by atoms with van der Waals surface area (Å²) in [5, 5.41) is 2.64. The van der Waals surface area contributed by atoms with Crippen molar-refractivity contribution in [3.63, 3.8) is 0 Å². The van der Waals surface area contributed by atoms with Crippen molar-refractivity contribution in [3.05, 3.63) is 0 Å². The molecule has 0 aromatic heterocycles. The number of ether oxygens (including phenoxy) is 1. The van der Waals surface area contributed by atoms with E-state index in [1.807, 2.05) is 4.90 Å². The van der Waals surface area contributed by atoms with Gasteiger partial charge in [0.15, 0.2) is 0 Å². The normalized spacial score (nSPS) is 19.4. The molecule has 1 unspecified atom stereocenters. The molecule has 1 rings (SSSR count). The van der Waals surface area contributed by atoms with Crippen LogP contribution in [0.2, 0.25) is 0 Å². The van der Waals surface area contributed by atoms with Crippen LogP contribution in [-0.2, 0) is 19.1 Å². The molecule has 1 atom stereocenters. The Balaban J connectivity index is 2.42. The third-order valence-corrected chi connectivity index (χ3v) is 3.46. The monoisotopic (exact) mass is 284 g/mol. The molecular weight excluding hydrogens is 260 g/mol. The van der Waals surface area contributed by atoms with Gasteiger partial charge in [-0.15, -0.1) is 0 Å². The maximum atomic E-state index is 11.9. The SMILES string of the molecule is CCOC(=O)CCC(=O)CN1CCCCC1C(=O)NC. The summed E-state index contributed by atoms with van der Waals surface area (Å²) in [6.45, 7) is 3.06. The maximum absolute atomic E-state index is 11.9. The molecule has 0 aromatic carbocycles. The molecule has 1 aliphatic rings. The molecule has 0 aromatic rings. The zero-order valence-corrected chi connectivity index (χ0v) is 12.3. The molecule has 0 bridgehead atoms. The Bertz CT molecular complexity index is 357. The molecule has 1 amide bonds. The quantitative estimate of drug-likeness (QED) is 0.689. The zero-order valence-electron chi connectivity index (χ0n) is 12.3. The highest BCUT2D eigenvalue weighted by Gasteiger charge is 2.29. The summed E-state index contributed by atoms with van der Waals surface area (Å²) in [5.41, 5.74) is 0. The highest BCUT2D eigenvalue weighted by Crippen LogP contribution is 2.17. The zero-order chi connectivity index (χ0) is 15.0. The highest BCUT2D eigenvalue weighted by atomic mass is 16.5. The van der Waals surface area contributed by atoms with Gasteiger partial charge in [0.25, 0.3) is 0 Å². The van der Waals surface area contributed by atoms with Gasteiger partial charge in [0.2, 0.25) is 5.91 Å². The standard InChI is InChI=1S/C14H24N2O4/c1-3-20-13(18)8-7-11(17)10-16-9-5-4-6-12(16)14(19)15-2/h12H,3-10H2,1-2H3,(H,15,19). The number of piperidine rings is 1. The first-order chi connectivity index (χ1) is 9.58. The van der Waals surface area contributed by atoms with Gasteiger partial charge in [-0.2, -0.15) is 0 Å². The van der Waals surface area contributed by atoms with Gasteiger partial charge in [0.05, 0.1) is 25.6 Å². The summed E-state index contributed by atoms with van der Waals surface area (Å²) in [5.74, 6) is -0.404. The van der Waals surface area contributed by atoms with Crippen LogP contribution in [0.25, 0.3) is 0 Å². The molecule has 1 fully saturated rings. The van der Waals surface area contributed by atoms with Crippen molar-refractivity contribution in [3.8, 4) is 0 Å². The number of likely N-dealkylation sites (N-methyl/N-ethyl adjacent to an activating group) is 1. The average Bonchev–Trinajstić information content (AvgIpc) is 2.45. The van der Waals surface area contributed by atoms with Gasteiger partial charge >= 0.3 is 5.97 Å². The first-order valence-electron chi connectivity index (χ1n) is 7.21. The van der Waals surface area contributed by atoms with Crippen LogP contribution in [0.3, 0.4) is 0 Å². The second kappa shape index (κ2) is 8.68. The van der Waals surface area contributed by atoms with Crippen LogP contribution in [0.1, 0.15) is 39.0 Å². The summed E-state index contributed by atoms with van der Waals surface area (Å²) in [4.78, 5) is 36.8. The third-order valence-electron chi connectivity index (χ3n) is 3.46. The first-order valence-corrected chi connectivity index (χ1v) is 7.21. The predicted octanol–water partition coefficient (Wildman–Crippen LogP) is 0.499. The van der Waals surface area contributed by atoms with Crippen LogP contribution < -0.4 is 5.32 Å². The number of amides is 1. The summed E-state index contributed by atoms with van der Waals surface area (Å²) in [7, 11) is 1.61. The predicted molar refractivity (Wildman–Crippen MR) is 74.2 cm³/mol. The topological polar surface area (TPSA) is 75.7 Å². The van der Waals surface area contributed by atoms with Crippen LogP contribution in [-0.4, -0.2) is 55.3 Å². The van der Waals surface area contributed by atoms with E-state index in [4.69, 9.17) is 4.74 Å². The molecule has 114 valence electrons. The number of nitrogens with one attached hydrogen (secondary N) is 1. The van der Waals surface area contributed by atoms with E-state index in [9.17, 15) is 14.4 Å². The van der Waals surface area contributed by atoms with Crippen molar-refractivity contribution in [2.45, 2.75) is 45.1 Å². The van der Waals surface area contributed by atoms with Crippen molar-refractivity contribution < 1.29 is 19.1 Å². The van der Waals surface area contributed by atoms with Gasteiger partial charge in [-0.3, -0.25) is 19.3 Å². The molecule has 0 radical (unpaired) electrons. The lowest BCUT2D eigenvalue weighted by Gasteiger charge is -2.33. The van der Waals surface area contributed by atoms with Crippen LogP contribution in [0.4, 0.5) is 0 Å². The molecule has 1 saturated heterocycles. The van der Waals surface area contributed by atoms with Gasteiger partial charge in [-0.25, -0.2) is 0 Å². The van der Waals surface area contributed by atoms with Gasteiger partial charge in [-0.1, -0.05) is 6.42 Å². The fourth-order valence-electron chi connectivity index (χ4n) is 2.42. The smallest absolute Gasteiger partial charge is 0.306 e. The number of carbonyl (C=O) groups excluding carboxylic acids is 3. The molecule has 1 aliphatic heterocycles. The van der Waals surface area contributed by atoms with Gasteiger partial charge < -0.3 is 10.1 Å². The van der Waals surface area contributed by atoms with Crippen molar-refractivity contribution in [1.29, 1.82) is 0 Å². The van der Waals surface area contributed by atoms with Crippen molar-refractivity contribution >= 4 is 17.7 Å². The Labute approximate surface area is 119 Å². The second-order valence-corrected chi connectivity index (χ2v) is 4.94. The first kappa shape index (κ1) is 16.6. The molecule has 1 heterocycles. The minimum atomic E-state index is -0.345. The molecule has 6 nitrogen and oxygen atoms in total. The number of likely N-dealkylation sites (tertiary alicyclic amines) is 1. The fourth-order valence-corrected chi connectivity index (χ4v) is 2.42. The summed E-state index contributed by atoms with van der Waals surface area (Å²) >= 11 is 0. The number of ketones is 1. The number of esters is 1. The summed E-state index contributed by atoms with van der Waals surface area (Å²) in [6.07, 6.45) is 3.08. The van der Waals surface area contributed by atoms with Crippen LogP contribution in [0.15, 0.2) is 0 Å². The van der Waals surface area contributed by atoms with Gasteiger partial charge in [-0.05, 0) is 26.3 Å². The summed E-state index contributed by atoms with van der Waals surface area (Å²) < 4.78 is 4.79. The van der Waals surface area contributed by atoms with E-state index >= 15 is 0 Å². The molecule has 1 N–H and O–H groups in total. The maximum Gasteiger partial charge on any atom is 0.306 e. The van der Waals surface area contributed by atoms with Gasteiger partial charge in [0.1, 0.15) is 5.78 Å². The van der Waals surface area contributed by atoms with Gasteiger partial charge in [0, 0.05) is 13.5 Å². The number of hydrogen-bond acceptors (Lipinski definition) is 5. The highest BCUT2D eigenvalue weighted by molar-refractivity contribution is 5.86. The minimum absolute atomic E-state index is 0.0196. The largest absolute Gasteiger partial charge is 0.466 e. The average molecular weight is 284 g/mol. The van der Waals surface area contributed by atoms with E-state index < -0.39 is 0 Å². The van der Waals surface area contributed by atoms with E-state index in [0.29, 0.717) is 6.61 Å². The Kier molecular flexibility index (Phi) is 7.22. The van der Waals surface area contributed by atoms with E-state index in [2.05, 4.69) is 5.32 Å². The van der Waals surface area contributed by atoms with Crippen LogP contribution in [0.5, 0.6) is 0 Å². The number of carbonyl (C=O) groups is 3. The second-order valence-electron chi connectivity index (χ2n) is 4.94. The molecule has 0 saturated carbocycles. The van der Waals surface area contributed by atoms with Crippen molar-refractivity contribution in [2.24, 2.45) is 0 Å². The lowest BCUT2D eigenvalue weighted by molar-refractivity contribution is -0.144. The van der Waals surface area contributed by atoms with Crippen LogP contribution in [0, 0.1) is 0 Å². The number of hydrogen-bond donors (Lipinski definition) is 1. The lowest BCUT2D eigenvalue weighted by atomic mass is 10.0. The lowest BCUT2D eigenvalue weighted by Crippen LogP contribution is -2.50. The van der Waals surface area contributed by atoms with Crippen LogP contribution >= 0.6 is 0 Å². The molecule has 6 heteroatoms. The van der Waals surface area contributed by atoms with E-state index in [0.717, 1.165) is 25.8 Å². The molecule has 0 spiro atoms. The number of Topliss-reactive ketones (excluding diaryl/α,β-unsaturated/α-hetero) is 1. The molecule has 20 heavy (non-hydrogen) atoms.